The lowest BCUT2D eigenvalue weighted by Gasteiger charge is -2.10. The Hall–Kier alpha value is -1.45. The smallest absolute Gasteiger partial charge is 0.325 e. The van der Waals surface area contributed by atoms with Crippen molar-refractivity contribution in [3.8, 4) is 0 Å². The monoisotopic (exact) mass is 264 g/mol. The minimum absolute atomic E-state index is 0.178. The van der Waals surface area contributed by atoms with Gasteiger partial charge >= 0.3 is 5.97 Å². The van der Waals surface area contributed by atoms with Crippen LogP contribution in [0, 0.1) is 17.8 Å². The summed E-state index contributed by atoms with van der Waals surface area (Å²) in [6.45, 7) is 3.92. The van der Waals surface area contributed by atoms with E-state index in [-0.39, 0.29) is 29.8 Å². The van der Waals surface area contributed by atoms with Gasteiger partial charge in [0, 0.05) is 6.42 Å². The largest absolute Gasteiger partial charge is 0.453 e. The van der Waals surface area contributed by atoms with Crippen molar-refractivity contribution >= 4 is 17.5 Å². The van der Waals surface area contributed by atoms with E-state index in [1.54, 1.807) is 0 Å². The van der Waals surface area contributed by atoms with Crippen LogP contribution in [0.5, 0.6) is 0 Å². The molecule has 2 rings (SSSR count). The number of esters is 1. The Labute approximate surface area is 113 Å². The summed E-state index contributed by atoms with van der Waals surface area (Å²) in [5.41, 5.74) is 0. The second kappa shape index (κ2) is 5.68. The third-order valence-electron chi connectivity index (χ3n) is 3.68. The molecule has 4 nitrogen and oxygen atoms in total. The molecule has 1 aliphatic carbocycles. The summed E-state index contributed by atoms with van der Waals surface area (Å²) in [6, 6.07) is 0. The maximum atomic E-state index is 12.1. The van der Waals surface area contributed by atoms with Crippen molar-refractivity contribution in [3.05, 3.63) is 12.2 Å². The van der Waals surface area contributed by atoms with Crippen LogP contribution in [-0.4, -0.2) is 23.6 Å². The Balaban J connectivity index is 1.99. The molecule has 0 bridgehead atoms. The molecule has 0 spiro atoms. The predicted octanol–water partition coefficient (Wildman–Crippen LogP) is 2.07. The molecular formula is C15H20O4. The van der Waals surface area contributed by atoms with Crippen LogP contribution in [0.2, 0.25) is 0 Å². The molecular weight excluding hydrogens is 244 g/mol. The molecule has 0 aromatic heterocycles. The van der Waals surface area contributed by atoms with Gasteiger partial charge in [0.1, 0.15) is 0 Å². The molecule has 19 heavy (non-hydrogen) atoms. The first kappa shape index (κ1) is 14.0. The zero-order valence-corrected chi connectivity index (χ0v) is 11.4. The Morgan fingerprint density at radius 3 is 2.74 bits per heavy atom. The normalized spacial score (nSPS) is 30.2. The van der Waals surface area contributed by atoms with Gasteiger partial charge < -0.3 is 4.74 Å². The van der Waals surface area contributed by atoms with E-state index in [0.29, 0.717) is 6.42 Å². The number of carbonyl (C=O) groups excluding carboxylic acids is 3. The first-order chi connectivity index (χ1) is 8.99. The molecule has 0 aromatic rings. The third kappa shape index (κ3) is 3.11. The highest BCUT2D eigenvalue weighted by Crippen LogP contribution is 2.28. The molecule has 0 radical (unpaired) electrons. The van der Waals surface area contributed by atoms with Crippen LogP contribution in [0.25, 0.3) is 0 Å². The van der Waals surface area contributed by atoms with Crippen LogP contribution in [0.15, 0.2) is 12.2 Å². The minimum atomic E-state index is -1.17. The van der Waals surface area contributed by atoms with Crippen molar-refractivity contribution in [2.24, 2.45) is 17.8 Å². The van der Waals surface area contributed by atoms with Crippen molar-refractivity contribution in [1.29, 1.82) is 0 Å². The van der Waals surface area contributed by atoms with E-state index in [1.807, 2.05) is 26.0 Å². The van der Waals surface area contributed by atoms with Crippen LogP contribution < -0.4 is 0 Å². The van der Waals surface area contributed by atoms with Gasteiger partial charge in [-0.2, -0.15) is 0 Å². The van der Waals surface area contributed by atoms with Gasteiger partial charge in [-0.15, -0.1) is 0 Å². The summed E-state index contributed by atoms with van der Waals surface area (Å²) in [5, 5.41) is 0. The molecule has 0 amide bonds. The van der Waals surface area contributed by atoms with Gasteiger partial charge in [0.15, 0.2) is 23.6 Å². The molecule has 104 valence electrons. The maximum absolute atomic E-state index is 12.1. The number of cyclic esters (lactones) is 1. The Bertz CT molecular complexity index is 422. The zero-order valence-electron chi connectivity index (χ0n) is 11.4. The Morgan fingerprint density at radius 2 is 2.16 bits per heavy atom. The molecule has 0 saturated carbocycles. The first-order valence-electron chi connectivity index (χ1n) is 6.92. The van der Waals surface area contributed by atoms with Crippen LogP contribution in [0.1, 0.15) is 39.5 Å². The van der Waals surface area contributed by atoms with Crippen LogP contribution in [0.4, 0.5) is 0 Å². The van der Waals surface area contributed by atoms with Gasteiger partial charge in [0.05, 0.1) is 0 Å². The molecule has 1 fully saturated rings. The van der Waals surface area contributed by atoms with E-state index < -0.39 is 18.0 Å². The average Bonchev–Trinajstić information content (AvgIpc) is 2.88. The van der Waals surface area contributed by atoms with Crippen molar-refractivity contribution in [2.75, 3.05) is 0 Å². The quantitative estimate of drug-likeness (QED) is 0.433. The van der Waals surface area contributed by atoms with E-state index >= 15 is 0 Å². The molecule has 3 unspecified atom stereocenters. The van der Waals surface area contributed by atoms with Crippen molar-refractivity contribution in [2.45, 2.75) is 45.6 Å². The summed E-state index contributed by atoms with van der Waals surface area (Å²) < 4.78 is 5.06. The van der Waals surface area contributed by atoms with E-state index in [0.717, 1.165) is 12.8 Å². The predicted molar refractivity (Wildman–Crippen MR) is 69.3 cm³/mol. The Morgan fingerprint density at radius 1 is 1.42 bits per heavy atom. The molecule has 2 aliphatic rings. The average molecular weight is 264 g/mol. The van der Waals surface area contributed by atoms with E-state index in [2.05, 4.69) is 0 Å². The number of carbonyl (C=O) groups is 3. The fraction of sp³-hybridized carbons (Fsp3) is 0.667. The standard InChI is InChI=1S/C15H20O4/c1-9(2)7-12-14(17)13(15(18)19-12)11(16)8-10-5-3-4-6-10/h3,5,9-10,12-13H,4,6-8H2,1-2H3. The highest BCUT2D eigenvalue weighted by Gasteiger charge is 2.47. The summed E-state index contributed by atoms with van der Waals surface area (Å²) in [7, 11) is 0. The summed E-state index contributed by atoms with van der Waals surface area (Å²) in [6.07, 6.45) is 5.98. The lowest BCUT2D eigenvalue weighted by Crippen LogP contribution is -2.29. The van der Waals surface area contributed by atoms with Gasteiger partial charge in [0.2, 0.25) is 0 Å². The summed E-state index contributed by atoms with van der Waals surface area (Å²) in [4.78, 5) is 35.9. The van der Waals surface area contributed by atoms with E-state index in [4.69, 9.17) is 4.74 Å². The molecule has 1 saturated heterocycles. The number of rotatable bonds is 5. The van der Waals surface area contributed by atoms with Crippen LogP contribution >= 0.6 is 0 Å². The van der Waals surface area contributed by atoms with E-state index in [1.165, 1.54) is 0 Å². The third-order valence-corrected chi connectivity index (χ3v) is 3.68. The number of ether oxygens (including phenoxy) is 1. The van der Waals surface area contributed by atoms with Crippen molar-refractivity contribution in [3.63, 3.8) is 0 Å². The van der Waals surface area contributed by atoms with Gasteiger partial charge in [-0.05, 0) is 31.1 Å². The number of hydrogen-bond acceptors (Lipinski definition) is 4. The fourth-order valence-electron chi connectivity index (χ4n) is 2.69. The van der Waals surface area contributed by atoms with Crippen LogP contribution in [-0.2, 0) is 19.1 Å². The summed E-state index contributed by atoms with van der Waals surface area (Å²) >= 11 is 0. The van der Waals surface area contributed by atoms with Crippen molar-refractivity contribution < 1.29 is 19.1 Å². The van der Waals surface area contributed by atoms with E-state index in [9.17, 15) is 14.4 Å². The number of Topliss-reactive ketones (excluding diaryl/α,β-unsaturated/α-hetero) is 2. The topological polar surface area (TPSA) is 60.4 Å². The molecule has 0 aromatic carbocycles. The fourth-order valence-corrected chi connectivity index (χ4v) is 2.69. The Kier molecular flexibility index (Phi) is 4.17. The molecule has 1 aliphatic heterocycles. The zero-order chi connectivity index (χ0) is 14.0. The lowest BCUT2D eigenvalue weighted by atomic mass is 9.89. The highest BCUT2D eigenvalue weighted by molar-refractivity contribution is 6.21. The molecule has 3 atom stereocenters. The molecule has 4 heteroatoms. The van der Waals surface area contributed by atoms with Gasteiger partial charge in [0.25, 0.3) is 0 Å². The maximum Gasteiger partial charge on any atom is 0.325 e. The van der Waals surface area contributed by atoms with Crippen LogP contribution in [0.3, 0.4) is 0 Å². The number of allylic oxidation sites excluding steroid dienone is 2. The first-order valence-corrected chi connectivity index (χ1v) is 6.92. The number of ketones is 2. The minimum Gasteiger partial charge on any atom is -0.453 e. The molecule has 1 heterocycles. The lowest BCUT2D eigenvalue weighted by molar-refractivity contribution is -0.147. The van der Waals surface area contributed by atoms with Gasteiger partial charge in [-0.1, -0.05) is 26.0 Å². The van der Waals surface area contributed by atoms with Crippen molar-refractivity contribution in [1.82, 2.24) is 0 Å². The van der Waals surface area contributed by atoms with Gasteiger partial charge in [-0.3, -0.25) is 14.4 Å². The summed E-state index contributed by atoms with van der Waals surface area (Å²) in [5.74, 6) is -2.01. The highest BCUT2D eigenvalue weighted by atomic mass is 16.6. The second-order valence-corrected chi connectivity index (χ2v) is 5.83. The number of hydrogen-bond donors (Lipinski definition) is 0. The second-order valence-electron chi connectivity index (χ2n) is 5.83. The van der Waals surface area contributed by atoms with Gasteiger partial charge in [-0.25, -0.2) is 0 Å². The molecule has 0 N–H and O–H groups in total. The SMILES string of the molecule is CC(C)CC1OC(=O)C(C(=O)CC2C=CCC2)C1=O.